The molecule has 1 aliphatic rings. The summed E-state index contributed by atoms with van der Waals surface area (Å²) >= 11 is 0. The Hall–Kier alpha value is -3.20. The number of benzene rings is 1. The molecule has 2 heterocycles. The molecule has 0 amide bonds. The van der Waals surface area contributed by atoms with Gasteiger partial charge >= 0.3 is 0 Å². The average molecular weight is 379 g/mol. The smallest absolute Gasteiger partial charge is 0.258 e. The zero-order valence-corrected chi connectivity index (χ0v) is 16.7. The summed E-state index contributed by atoms with van der Waals surface area (Å²) < 4.78 is 13.2. The van der Waals surface area contributed by atoms with E-state index in [4.69, 9.17) is 15.2 Å². The van der Waals surface area contributed by atoms with E-state index in [-0.39, 0.29) is 17.0 Å². The molecule has 2 N–H and O–H groups in total. The lowest BCUT2D eigenvalue weighted by Crippen LogP contribution is -2.33. The normalized spacial score (nSPS) is 15.8. The van der Waals surface area contributed by atoms with Gasteiger partial charge in [0, 0.05) is 23.9 Å². The van der Waals surface area contributed by atoms with Gasteiger partial charge in [-0.25, -0.2) is 0 Å². The van der Waals surface area contributed by atoms with Crippen molar-refractivity contribution in [3.63, 3.8) is 0 Å². The molecule has 1 aromatic carbocycles. The molecule has 6 heteroatoms. The lowest BCUT2D eigenvalue weighted by Gasteiger charge is -2.28. The molecule has 0 spiro atoms. The third-order valence-electron chi connectivity index (χ3n) is 4.77. The Morgan fingerprint density at radius 3 is 2.71 bits per heavy atom. The number of nitriles is 1. The maximum Gasteiger partial charge on any atom is 0.258 e. The van der Waals surface area contributed by atoms with Gasteiger partial charge in [0.25, 0.3) is 5.56 Å². The molecule has 28 heavy (non-hydrogen) atoms. The number of para-hydroxylation sites is 1. The van der Waals surface area contributed by atoms with E-state index in [1.165, 1.54) is 0 Å². The van der Waals surface area contributed by atoms with Gasteiger partial charge in [0.1, 0.15) is 23.1 Å². The fourth-order valence-corrected chi connectivity index (χ4v) is 3.60. The van der Waals surface area contributed by atoms with Crippen molar-refractivity contribution in [1.29, 1.82) is 5.26 Å². The molecule has 3 rings (SSSR count). The number of allylic oxidation sites excluding steroid dienone is 1. The third kappa shape index (κ3) is 3.36. The number of rotatable bonds is 5. The molecule has 0 unspecified atom stereocenters. The highest BCUT2D eigenvalue weighted by molar-refractivity contribution is 5.58. The van der Waals surface area contributed by atoms with Crippen molar-refractivity contribution in [1.82, 2.24) is 4.57 Å². The van der Waals surface area contributed by atoms with Gasteiger partial charge in [-0.2, -0.15) is 5.26 Å². The zero-order chi connectivity index (χ0) is 20.4. The third-order valence-corrected chi connectivity index (χ3v) is 4.77. The van der Waals surface area contributed by atoms with Gasteiger partial charge in [-0.1, -0.05) is 32.0 Å². The van der Waals surface area contributed by atoms with E-state index < -0.39 is 5.92 Å². The summed E-state index contributed by atoms with van der Waals surface area (Å²) in [5.41, 5.74) is 8.05. The van der Waals surface area contributed by atoms with E-state index in [0.717, 1.165) is 11.3 Å². The van der Waals surface area contributed by atoms with Gasteiger partial charge in [-0.3, -0.25) is 4.79 Å². The Balaban J connectivity index is 2.32. The molecule has 0 radical (unpaired) electrons. The second-order valence-corrected chi connectivity index (χ2v) is 7.27. The molecule has 1 aliphatic heterocycles. The minimum atomic E-state index is -0.636. The lowest BCUT2D eigenvalue weighted by molar-refractivity contribution is 0.334. The molecule has 0 saturated heterocycles. The quantitative estimate of drug-likeness (QED) is 0.859. The van der Waals surface area contributed by atoms with E-state index in [0.29, 0.717) is 36.1 Å². The first-order chi connectivity index (χ1) is 13.4. The number of aryl methyl sites for hydroxylation is 1. The van der Waals surface area contributed by atoms with Crippen molar-refractivity contribution in [3.8, 4) is 17.6 Å². The number of nitrogens with two attached hydrogens (primary N) is 1. The summed E-state index contributed by atoms with van der Waals surface area (Å²) in [6.45, 7) is 8.93. The molecule has 146 valence electrons. The summed E-state index contributed by atoms with van der Waals surface area (Å²) in [6.07, 6.45) is 0. The van der Waals surface area contributed by atoms with Crippen LogP contribution >= 0.6 is 0 Å². The first-order valence-corrected chi connectivity index (χ1v) is 9.42. The highest BCUT2D eigenvalue weighted by Crippen LogP contribution is 2.43. The van der Waals surface area contributed by atoms with Crippen molar-refractivity contribution in [2.75, 3.05) is 6.61 Å². The van der Waals surface area contributed by atoms with Crippen LogP contribution in [0.5, 0.6) is 11.5 Å². The van der Waals surface area contributed by atoms with Gasteiger partial charge < -0.3 is 19.8 Å². The maximum absolute atomic E-state index is 13.5. The maximum atomic E-state index is 13.5. The molecule has 2 aromatic rings. The Morgan fingerprint density at radius 2 is 2.07 bits per heavy atom. The fourth-order valence-electron chi connectivity index (χ4n) is 3.60. The predicted molar refractivity (Wildman–Crippen MR) is 107 cm³/mol. The molecule has 0 aliphatic carbocycles. The Labute approximate surface area is 164 Å². The average Bonchev–Trinajstić information content (AvgIpc) is 2.65. The SMILES string of the molecule is CCOc1ccccc1[C@@H]1C(C#N)=C(N)Oc2cc(C)n(CC(C)C)c(=O)c21. The highest BCUT2D eigenvalue weighted by Gasteiger charge is 2.35. The largest absolute Gasteiger partial charge is 0.494 e. The Morgan fingerprint density at radius 1 is 1.36 bits per heavy atom. The molecular formula is C22H25N3O3. The van der Waals surface area contributed by atoms with Gasteiger partial charge in [-0.15, -0.1) is 0 Å². The van der Waals surface area contributed by atoms with E-state index in [1.54, 1.807) is 4.57 Å². The summed E-state index contributed by atoms with van der Waals surface area (Å²) in [5, 5.41) is 9.78. The van der Waals surface area contributed by atoms with Gasteiger partial charge in [0.15, 0.2) is 0 Å². The molecular weight excluding hydrogens is 354 g/mol. The molecule has 0 saturated carbocycles. The van der Waals surface area contributed by atoms with Gasteiger partial charge in [-0.05, 0) is 25.8 Å². The predicted octanol–water partition coefficient (Wildman–Crippen LogP) is 3.43. The summed E-state index contributed by atoms with van der Waals surface area (Å²) in [4.78, 5) is 13.5. The first-order valence-electron chi connectivity index (χ1n) is 9.42. The van der Waals surface area contributed by atoms with Crippen molar-refractivity contribution in [2.45, 2.75) is 40.2 Å². The Bertz CT molecular complexity index is 1030. The summed E-state index contributed by atoms with van der Waals surface area (Å²) in [7, 11) is 0. The van der Waals surface area contributed by atoms with Gasteiger partial charge in [0.05, 0.1) is 18.1 Å². The van der Waals surface area contributed by atoms with Crippen LogP contribution in [0.1, 0.15) is 43.5 Å². The van der Waals surface area contributed by atoms with Crippen LogP contribution in [0, 0.1) is 24.2 Å². The standard InChI is InChI=1S/C22H25N3O3/c1-5-27-17-9-7-6-8-15(17)19-16(11-23)21(24)28-18-10-14(4)25(12-13(2)3)22(26)20(18)19/h6-10,13,19H,5,12,24H2,1-4H3/t19-/m1/s1. The molecule has 1 aromatic heterocycles. The van der Waals surface area contributed by atoms with Crippen LogP contribution in [0.2, 0.25) is 0 Å². The monoisotopic (exact) mass is 379 g/mol. The lowest BCUT2D eigenvalue weighted by atomic mass is 9.83. The van der Waals surface area contributed by atoms with Gasteiger partial charge in [0.2, 0.25) is 5.88 Å². The number of ether oxygens (including phenoxy) is 2. The van der Waals surface area contributed by atoms with Crippen LogP contribution in [0.15, 0.2) is 46.6 Å². The van der Waals surface area contributed by atoms with Crippen LogP contribution in [-0.4, -0.2) is 11.2 Å². The number of aromatic nitrogens is 1. The Kier molecular flexibility index (Phi) is 5.46. The minimum absolute atomic E-state index is 0.0201. The second kappa shape index (κ2) is 7.81. The number of hydrogen-bond donors (Lipinski definition) is 1. The molecule has 0 fully saturated rings. The van der Waals surface area contributed by atoms with Crippen LogP contribution in [-0.2, 0) is 6.54 Å². The molecule has 1 atom stereocenters. The van der Waals surface area contributed by atoms with Crippen molar-refractivity contribution in [3.05, 3.63) is 69.0 Å². The van der Waals surface area contributed by atoms with Crippen LogP contribution in [0.25, 0.3) is 0 Å². The molecule has 0 bridgehead atoms. The van der Waals surface area contributed by atoms with Crippen LogP contribution in [0.4, 0.5) is 0 Å². The first kappa shape index (κ1) is 19.6. The van der Waals surface area contributed by atoms with Crippen molar-refractivity contribution in [2.24, 2.45) is 11.7 Å². The minimum Gasteiger partial charge on any atom is -0.494 e. The topological polar surface area (TPSA) is 90.3 Å². The van der Waals surface area contributed by atoms with E-state index in [1.807, 2.05) is 44.2 Å². The summed E-state index contributed by atoms with van der Waals surface area (Å²) in [6, 6.07) is 11.4. The number of fused-ring (bicyclic) bond motifs is 1. The van der Waals surface area contributed by atoms with Crippen LogP contribution < -0.4 is 20.8 Å². The summed E-state index contributed by atoms with van der Waals surface area (Å²) in [5.74, 6) is 0.702. The number of nitrogens with zero attached hydrogens (tertiary/aromatic N) is 2. The highest BCUT2D eigenvalue weighted by atomic mass is 16.5. The van der Waals surface area contributed by atoms with Crippen LogP contribution in [0.3, 0.4) is 0 Å². The second-order valence-electron chi connectivity index (χ2n) is 7.27. The van der Waals surface area contributed by atoms with E-state index >= 15 is 0 Å². The zero-order valence-electron chi connectivity index (χ0n) is 16.7. The van der Waals surface area contributed by atoms with Crippen molar-refractivity contribution >= 4 is 0 Å². The number of hydrogen-bond acceptors (Lipinski definition) is 5. The van der Waals surface area contributed by atoms with E-state index in [9.17, 15) is 10.1 Å². The van der Waals surface area contributed by atoms with Crippen molar-refractivity contribution < 1.29 is 9.47 Å². The number of pyridine rings is 1. The molecule has 6 nitrogen and oxygen atoms in total. The fraction of sp³-hybridized carbons (Fsp3) is 0.364. The van der Waals surface area contributed by atoms with E-state index in [2.05, 4.69) is 19.9 Å².